The van der Waals surface area contributed by atoms with Crippen LogP contribution in [0.25, 0.3) is 88.0 Å². The van der Waals surface area contributed by atoms with Gasteiger partial charge in [-0.3, -0.25) is 0 Å². The summed E-state index contributed by atoms with van der Waals surface area (Å²) < 4.78 is 13.2. The van der Waals surface area contributed by atoms with Gasteiger partial charge in [0.25, 0.3) is 0 Å². The zero-order valence-corrected chi connectivity index (χ0v) is 32.2. The Balaban J connectivity index is 1.10. The van der Waals surface area contributed by atoms with Crippen LogP contribution in [0.4, 0.5) is 17.1 Å². The standard InChI is InChI=1S/C55H37NO2/c1-55(2)45-22-8-5-17-43(45)52-46(55)23-13-25-48(52)56(36-31-28-35(29-32-36)37-19-12-27-50-51(37)44-18-7-10-26-49(44)57-50)47-24-9-6-16-39(47)40-20-11-21-41-42-33-30-34-14-3-4-15-38(34)53(42)58-54(40)41/h3-33H,1-2H3. The molecule has 9 aromatic carbocycles. The largest absolute Gasteiger partial charge is 0.456 e. The Morgan fingerprint density at radius 1 is 0.397 bits per heavy atom. The highest BCUT2D eigenvalue weighted by Gasteiger charge is 2.38. The third kappa shape index (κ3) is 4.68. The van der Waals surface area contributed by atoms with Crippen molar-refractivity contribution in [1.29, 1.82) is 0 Å². The first-order valence-corrected chi connectivity index (χ1v) is 20.0. The minimum absolute atomic E-state index is 0.147. The fraction of sp³-hybridized carbons (Fsp3) is 0.0545. The van der Waals surface area contributed by atoms with Crippen LogP contribution >= 0.6 is 0 Å². The van der Waals surface area contributed by atoms with Gasteiger partial charge in [-0.1, -0.05) is 159 Å². The van der Waals surface area contributed by atoms with E-state index in [1.54, 1.807) is 0 Å². The van der Waals surface area contributed by atoms with Crippen molar-refractivity contribution in [2.45, 2.75) is 19.3 Å². The van der Waals surface area contributed by atoms with Gasteiger partial charge >= 0.3 is 0 Å². The van der Waals surface area contributed by atoms with Gasteiger partial charge in [-0.2, -0.15) is 0 Å². The van der Waals surface area contributed by atoms with Crippen LogP contribution in [-0.2, 0) is 5.41 Å². The third-order valence-electron chi connectivity index (χ3n) is 12.5. The minimum Gasteiger partial charge on any atom is -0.456 e. The van der Waals surface area contributed by atoms with Crippen molar-refractivity contribution in [3.05, 3.63) is 199 Å². The smallest absolute Gasteiger partial charge is 0.143 e. The Labute approximate surface area is 336 Å². The Hall–Kier alpha value is -7.36. The third-order valence-corrected chi connectivity index (χ3v) is 12.5. The van der Waals surface area contributed by atoms with Gasteiger partial charge in [0, 0.05) is 54.7 Å². The van der Waals surface area contributed by atoms with Gasteiger partial charge < -0.3 is 13.7 Å². The molecule has 3 nitrogen and oxygen atoms in total. The zero-order valence-electron chi connectivity index (χ0n) is 32.2. The van der Waals surface area contributed by atoms with Crippen molar-refractivity contribution < 1.29 is 8.83 Å². The van der Waals surface area contributed by atoms with Gasteiger partial charge in [0.05, 0.1) is 11.4 Å². The maximum Gasteiger partial charge on any atom is 0.143 e. The first-order valence-electron chi connectivity index (χ1n) is 20.0. The van der Waals surface area contributed by atoms with Crippen LogP contribution in [0.15, 0.2) is 197 Å². The highest BCUT2D eigenvalue weighted by atomic mass is 16.3. The maximum absolute atomic E-state index is 6.94. The van der Waals surface area contributed by atoms with E-state index in [9.17, 15) is 0 Å². The summed E-state index contributed by atoms with van der Waals surface area (Å²) in [5, 5.41) is 6.80. The molecule has 274 valence electrons. The topological polar surface area (TPSA) is 29.5 Å². The molecule has 0 bridgehead atoms. The fourth-order valence-corrected chi connectivity index (χ4v) is 9.77. The summed E-state index contributed by atoms with van der Waals surface area (Å²) in [6.45, 7) is 4.70. The lowest BCUT2D eigenvalue weighted by Gasteiger charge is -2.30. The number of hydrogen-bond acceptors (Lipinski definition) is 3. The van der Waals surface area contributed by atoms with Crippen LogP contribution in [0.2, 0.25) is 0 Å². The van der Waals surface area contributed by atoms with Crippen LogP contribution < -0.4 is 4.90 Å². The molecule has 3 heteroatoms. The van der Waals surface area contributed by atoms with Crippen molar-refractivity contribution >= 4 is 71.7 Å². The number of nitrogens with zero attached hydrogens (tertiary/aromatic N) is 1. The molecule has 0 aliphatic heterocycles. The predicted molar refractivity (Wildman–Crippen MR) is 242 cm³/mol. The van der Waals surface area contributed by atoms with Crippen molar-refractivity contribution in [2.75, 3.05) is 4.90 Å². The van der Waals surface area contributed by atoms with Crippen LogP contribution in [0.1, 0.15) is 25.0 Å². The van der Waals surface area contributed by atoms with Gasteiger partial charge in [0.1, 0.15) is 22.3 Å². The number of benzene rings is 9. The second kappa shape index (κ2) is 12.3. The van der Waals surface area contributed by atoms with E-state index in [0.717, 1.165) is 88.6 Å². The van der Waals surface area contributed by atoms with Gasteiger partial charge in [0.2, 0.25) is 0 Å². The normalized spacial score (nSPS) is 13.1. The molecule has 0 radical (unpaired) electrons. The highest BCUT2D eigenvalue weighted by Crippen LogP contribution is 2.55. The first-order chi connectivity index (χ1) is 28.5. The van der Waals surface area contributed by atoms with Gasteiger partial charge in [0.15, 0.2) is 0 Å². The van der Waals surface area contributed by atoms with Crippen molar-refractivity contribution in [3.63, 3.8) is 0 Å². The molecule has 1 aliphatic rings. The molecule has 2 heterocycles. The van der Waals surface area contributed by atoms with Gasteiger partial charge in [-0.25, -0.2) is 0 Å². The van der Waals surface area contributed by atoms with Crippen LogP contribution in [0, 0.1) is 0 Å². The maximum atomic E-state index is 6.94. The van der Waals surface area contributed by atoms with Gasteiger partial charge in [-0.15, -0.1) is 0 Å². The monoisotopic (exact) mass is 743 g/mol. The summed E-state index contributed by atoms with van der Waals surface area (Å²) in [6, 6.07) is 67.7. The fourth-order valence-electron chi connectivity index (χ4n) is 9.77. The zero-order chi connectivity index (χ0) is 38.5. The Morgan fingerprint density at radius 3 is 1.91 bits per heavy atom. The second-order valence-electron chi connectivity index (χ2n) is 16.0. The number of para-hydroxylation sites is 3. The number of fused-ring (bicyclic) bond motifs is 11. The molecule has 0 atom stereocenters. The summed E-state index contributed by atoms with van der Waals surface area (Å²) in [5.41, 5.74) is 16.4. The quantitative estimate of drug-likeness (QED) is 0.176. The second-order valence-corrected chi connectivity index (χ2v) is 16.0. The molecule has 11 aromatic rings. The highest BCUT2D eigenvalue weighted by molar-refractivity contribution is 6.18. The SMILES string of the molecule is CC1(C)c2ccccc2-c2c(N(c3ccc(-c4cccc5oc6ccccc6c45)cc3)c3ccccc3-c3cccc4c3oc3c5ccccc5ccc43)cccc21. The molecule has 0 unspecified atom stereocenters. The summed E-state index contributed by atoms with van der Waals surface area (Å²) in [7, 11) is 0. The molecule has 0 fully saturated rings. The first kappa shape index (κ1) is 32.8. The summed E-state index contributed by atoms with van der Waals surface area (Å²) in [5.74, 6) is 0. The summed E-state index contributed by atoms with van der Waals surface area (Å²) in [4.78, 5) is 2.46. The Morgan fingerprint density at radius 2 is 1.02 bits per heavy atom. The van der Waals surface area contributed by atoms with E-state index in [4.69, 9.17) is 8.83 Å². The number of rotatable bonds is 5. The van der Waals surface area contributed by atoms with Gasteiger partial charge in [-0.05, 0) is 75.7 Å². The van der Waals surface area contributed by atoms with E-state index in [-0.39, 0.29) is 5.41 Å². The van der Waals surface area contributed by atoms with Crippen molar-refractivity contribution in [3.8, 4) is 33.4 Å². The predicted octanol–water partition coefficient (Wildman–Crippen LogP) is 15.7. The van der Waals surface area contributed by atoms with E-state index >= 15 is 0 Å². The molecular weight excluding hydrogens is 707 g/mol. The lowest BCUT2D eigenvalue weighted by Crippen LogP contribution is -2.16. The van der Waals surface area contributed by atoms with Crippen LogP contribution in [0.3, 0.4) is 0 Å². The van der Waals surface area contributed by atoms with Crippen molar-refractivity contribution in [2.24, 2.45) is 0 Å². The van der Waals surface area contributed by atoms with E-state index in [0.29, 0.717) is 0 Å². The van der Waals surface area contributed by atoms with E-state index in [2.05, 4.69) is 195 Å². The van der Waals surface area contributed by atoms with E-state index in [1.165, 1.54) is 27.6 Å². The molecule has 0 spiro atoms. The lowest BCUT2D eigenvalue weighted by atomic mass is 9.82. The molecule has 0 saturated heterocycles. The number of hydrogen-bond donors (Lipinski definition) is 0. The molecule has 0 amide bonds. The molecule has 0 N–H and O–H groups in total. The van der Waals surface area contributed by atoms with Crippen LogP contribution in [-0.4, -0.2) is 0 Å². The number of furan rings is 2. The Bertz CT molecular complexity index is 3440. The van der Waals surface area contributed by atoms with Crippen LogP contribution in [0.5, 0.6) is 0 Å². The van der Waals surface area contributed by atoms with E-state index < -0.39 is 0 Å². The Kier molecular flexibility index (Phi) is 6.98. The molecular formula is C55H37NO2. The average molecular weight is 744 g/mol. The average Bonchev–Trinajstić information content (AvgIpc) is 3.93. The van der Waals surface area contributed by atoms with E-state index in [1.807, 2.05) is 12.1 Å². The lowest BCUT2D eigenvalue weighted by molar-refractivity contribution is 0.660. The molecule has 58 heavy (non-hydrogen) atoms. The summed E-state index contributed by atoms with van der Waals surface area (Å²) >= 11 is 0. The minimum atomic E-state index is -0.147. The van der Waals surface area contributed by atoms with Crippen molar-refractivity contribution in [1.82, 2.24) is 0 Å². The number of anilines is 3. The summed E-state index contributed by atoms with van der Waals surface area (Å²) in [6.07, 6.45) is 0. The molecule has 1 aliphatic carbocycles. The molecule has 2 aromatic heterocycles. The molecule has 0 saturated carbocycles. The molecule has 12 rings (SSSR count).